The summed E-state index contributed by atoms with van der Waals surface area (Å²) in [6.45, 7) is 9.14. The van der Waals surface area contributed by atoms with Gasteiger partial charge >= 0.3 is 0 Å². The molecule has 0 amide bonds. The second-order valence-electron chi connectivity index (χ2n) is 13.1. The van der Waals surface area contributed by atoms with Crippen molar-refractivity contribution in [2.45, 2.75) is 59.1 Å². The van der Waals surface area contributed by atoms with Crippen LogP contribution in [0.1, 0.15) is 51.8 Å². The molecule has 1 aliphatic rings. The fourth-order valence-electron chi connectivity index (χ4n) is 6.43. The Labute approximate surface area is 310 Å². The molecule has 6 rings (SSSR count). The van der Waals surface area contributed by atoms with E-state index >= 15 is 0 Å². The van der Waals surface area contributed by atoms with Crippen LogP contribution in [0.25, 0.3) is 11.1 Å². The number of halogens is 1. The summed E-state index contributed by atoms with van der Waals surface area (Å²) < 4.78 is 18.9. The Morgan fingerprint density at radius 2 is 1.65 bits per heavy atom. The highest BCUT2D eigenvalue weighted by atomic mass is 35.5. The van der Waals surface area contributed by atoms with Gasteiger partial charge in [0.05, 0.1) is 23.3 Å². The van der Waals surface area contributed by atoms with Crippen LogP contribution in [0.4, 0.5) is 0 Å². The van der Waals surface area contributed by atoms with E-state index in [0.29, 0.717) is 48.4 Å². The van der Waals surface area contributed by atoms with Gasteiger partial charge in [0, 0.05) is 74.7 Å². The van der Waals surface area contributed by atoms with Crippen LogP contribution in [-0.4, -0.2) is 52.3 Å². The zero-order valence-corrected chi connectivity index (χ0v) is 30.4. The lowest BCUT2D eigenvalue weighted by Gasteiger charge is -2.19. The van der Waals surface area contributed by atoms with Crippen molar-refractivity contribution >= 4 is 11.6 Å². The van der Waals surface area contributed by atoms with E-state index in [1.807, 2.05) is 42.6 Å². The lowest BCUT2D eigenvalue weighted by Crippen LogP contribution is -2.24. The Kier molecular flexibility index (Phi) is 12.7. The number of nitrogens with zero attached hydrogens (tertiary/aromatic N) is 4. The number of benzene rings is 3. The summed E-state index contributed by atoms with van der Waals surface area (Å²) in [6.07, 6.45) is 8.36. The first-order valence-electron chi connectivity index (χ1n) is 17.6. The highest BCUT2D eigenvalue weighted by Gasteiger charge is 2.20. The molecule has 9 nitrogen and oxygen atoms in total. The molecule has 0 spiro atoms. The molecule has 0 bridgehead atoms. The molecule has 2 aromatic heterocycles. The van der Waals surface area contributed by atoms with Crippen LogP contribution in [-0.2, 0) is 26.3 Å². The van der Waals surface area contributed by atoms with Gasteiger partial charge in [-0.15, -0.1) is 0 Å². The molecule has 1 saturated heterocycles. The average molecular weight is 718 g/mol. The van der Waals surface area contributed by atoms with E-state index in [-0.39, 0.29) is 12.7 Å². The molecular weight excluding hydrogens is 674 g/mol. The Morgan fingerprint density at radius 3 is 2.44 bits per heavy atom. The highest BCUT2D eigenvalue weighted by Crippen LogP contribution is 2.36. The maximum absolute atomic E-state index is 9.80. The fraction of sp³-hybridized carbons (Fsp3) is 0.310. The van der Waals surface area contributed by atoms with Gasteiger partial charge in [-0.25, -0.2) is 0 Å². The highest BCUT2D eigenvalue weighted by molar-refractivity contribution is 6.32. The van der Waals surface area contributed by atoms with E-state index in [1.165, 1.54) is 6.20 Å². The third kappa shape index (κ3) is 9.66. The van der Waals surface area contributed by atoms with E-state index in [4.69, 9.17) is 25.8 Å². The van der Waals surface area contributed by atoms with Gasteiger partial charge in [-0.3, -0.25) is 9.97 Å². The average Bonchev–Trinajstić information content (AvgIpc) is 3.58. The van der Waals surface area contributed by atoms with Crippen molar-refractivity contribution in [1.29, 1.82) is 5.26 Å². The van der Waals surface area contributed by atoms with E-state index in [9.17, 15) is 10.4 Å². The standard InChI is InChI=1S/C42H44ClN5O4/c1-29-34(8-3-9-37(29)38-10-4-11-40(30(38)2)50-16-6-14-48-15-12-36(49)26-48)28-52-42-19-41(51-27-33-17-32(20-44)23-46-24-33)35(18-39(42)43)25-47-22-31-7-5-13-45-21-31/h3-5,7-11,13,17-19,21,23-24,36,47,49H,6,12,14-16,22,25-28H2,1-2H3. The van der Waals surface area contributed by atoms with Gasteiger partial charge in [-0.2, -0.15) is 5.26 Å². The molecule has 0 radical (unpaired) electrons. The molecule has 268 valence electrons. The van der Waals surface area contributed by atoms with Gasteiger partial charge in [0.1, 0.15) is 36.5 Å². The first kappa shape index (κ1) is 36.8. The molecule has 3 aromatic carbocycles. The predicted molar refractivity (Wildman–Crippen MR) is 202 cm³/mol. The van der Waals surface area contributed by atoms with Crippen LogP contribution < -0.4 is 19.5 Å². The lowest BCUT2D eigenvalue weighted by atomic mass is 9.93. The number of rotatable bonds is 16. The molecule has 0 aliphatic carbocycles. The number of nitrogens with one attached hydrogen (secondary N) is 1. The molecule has 1 aliphatic heterocycles. The van der Waals surface area contributed by atoms with Crippen molar-refractivity contribution in [1.82, 2.24) is 20.2 Å². The van der Waals surface area contributed by atoms with Crippen LogP contribution >= 0.6 is 11.6 Å². The van der Waals surface area contributed by atoms with Gasteiger partial charge in [-0.05, 0) is 84.3 Å². The zero-order valence-electron chi connectivity index (χ0n) is 29.6. The van der Waals surface area contributed by atoms with Crippen LogP contribution in [0.2, 0.25) is 5.02 Å². The Morgan fingerprint density at radius 1 is 0.846 bits per heavy atom. The van der Waals surface area contributed by atoms with E-state index in [1.54, 1.807) is 18.5 Å². The number of likely N-dealkylation sites (tertiary alicyclic amines) is 1. The number of hydrogen-bond acceptors (Lipinski definition) is 9. The molecule has 2 N–H and O–H groups in total. The van der Waals surface area contributed by atoms with E-state index in [2.05, 4.69) is 64.4 Å². The number of β-amino-alcohol motifs (C(OH)–C–C–N with tert-alkyl or cyclic N) is 1. The third-order valence-corrected chi connectivity index (χ3v) is 9.62. The maximum Gasteiger partial charge on any atom is 0.142 e. The predicted octanol–water partition coefficient (Wildman–Crippen LogP) is 7.57. The summed E-state index contributed by atoms with van der Waals surface area (Å²) in [7, 11) is 0. The molecule has 5 aromatic rings. The quantitative estimate of drug-likeness (QED) is 0.0999. The summed E-state index contributed by atoms with van der Waals surface area (Å²) in [5.41, 5.74) is 8.68. The maximum atomic E-state index is 9.80. The normalized spacial score (nSPS) is 14.2. The third-order valence-electron chi connectivity index (χ3n) is 9.33. The fourth-order valence-corrected chi connectivity index (χ4v) is 6.67. The molecule has 10 heteroatoms. The summed E-state index contributed by atoms with van der Waals surface area (Å²) >= 11 is 6.83. The van der Waals surface area contributed by atoms with Crippen LogP contribution in [0.15, 0.2) is 91.5 Å². The van der Waals surface area contributed by atoms with Gasteiger partial charge in [0.2, 0.25) is 0 Å². The summed E-state index contributed by atoms with van der Waals surface area (Å²) in [6, 6.07) is 24.0. The minimum absolute atomic E-state index is 0.201. The Balaban J connectivity index is 1.15. The van der Waals surface area contributed by atoms with Gasteiger partial charge < -0.3 is 29.5 Å². The molecule has 1 fully saturated rings. The van der Waals surface area contributed by atoms with Crippen LogP contribution in [0.3, 0.4) is 0 Å². The minimum Gasteiger partial charge on any atom is -0.493 e. The number of nitriles is 1. The van der Waals surface area contributed by atoms with E-state index < -0.39 is 0 Å². The van der Waals surface area contributed by atoms with Crippen molar-refractivity contribution in [2.75, 3.05) is 26.2 Å². The van der Waals surface area contributed by atoms with Crippen molar-refractivity contribution in [3.05, 3.63) is 135 Å². The SMILES string of the molecule is Cc1c(COc2cc(OCc3cncc(C#N)c3)c(CNCc3cccnc3)cc2Cl)cccc1-c1cccc(OCCCN2CCC(O)C2)c1C. The number of ether oxygens (including phenoxy) is 3. The molecule has 0 saturated carbocycles. The summed E-state index contributed by atoms with van der Waals surface area (Å²) in [5, 5.41) is 23.0. The first-order valence-corrected chi connectivity index (χ1v) is 18.0. The molecule has 52 heavy (non-hydrogen) atoms. The molecular formula is C42H44ClN5O4. The topological polar surface area (TPSA) is 113 Å². The number of aliphatic hydroxyl groups excluding tert-OH is 1. The van der Waals surface area contributed by atoms with Gasteiger partial charge in [-0.1, -0.05) is 48.0 Å². The first-order chi connectivity index (χ1) is 25.4. The van der Waals surface area contributed by atoms with Gasteiger partial charge in [0.25, 0.3) is 0 Å². The largest absolute Gasteiger partial charge is 0.493 e. The van der Waals surface area contributed by atoms with Crippen LogP contribution in [0, 0.1) is 25.2 Å². The second-order valence-corrected chi connectivity index (χ2v) is 13.5. The minimum atomic E-state index is -0.201. The van der Waals surface area contributed by atoms with Crippen molar-refractivity contribution in [3.63, 3.8) is 0 Å². The number of pyridine rings is 2. The lowest BCUT2D eigenvalue weighted by molar-refractivity contribution is 0.173. The second kappa shape index (κ2) is 18.0. The number of hydrogen-bond donors (Lipinski definition) is 2. The number of aromatic nitrogens is 2. The molecule has 3 heterocycles. The summed E-state index contributed by atoms with van der Waals surface area (Å²) in [4.78, 5) is 10.7. The number of aliphatic hydroxyl groups is 1. The smallest absolute Gasteiger partial charge is 0.142 e. The van der Waals surface area contributed by atoms with Gasteiger partial charge in [0.15, 0.2) is 0 Å². The van der Waals surface area contributed by atoms with Crippen molar-refractivity contribution in [3.8, 4) is 34.4 Å². The monoisotopic (exact) mass is 717 g/mol. The Bertz CT molecular complexity index is 2000. The molecule has 1 atom stereocenters. The van der Waals surface area contributed by atoms with Crippen LogP contribution in [0.5, 0.6) is 17.2 Å². The van der Waals surface area contributed by atoms with E-state index in [0.717, 1.165) is 82.7 Å². The van der Waals surface area contributed by atoms with Crippen molar-refractivity contribution in [2.24, 2.45) is 0 Å². The Hall–Kier alpha value is -4.98. The molecule has 1 unspecified atom stereocenters. The zero-order chi connectivity index (χ0) is 36.3. The summed E-state index contributed by atoms with van der Waals surface area (Å²) in [5.74, 6) is 2.01. The van der Waals surface area contributed by atoms with Crippen molar-refractivity contribution < 1.29 is 19.3 Å².